The van der Waals surface area contributed by atoms with E-state index in [1.165, 1.54) is 6.92 Å². The Labute approximate surface area is 176 Å². The largest absolute Gasteiger partial charge is 0.452 e. The van der Waals surface area contributed by atoms with Gasteiger partial charge in [0.2, 0.25) is 11.8 Å². The first-order valence-electron chi connectivity index (χ1n) is 10.4. The number of anilines is 1. The van der Waals surface area contributed by atoms with Gasteiger partial charge in [-0.05, 0) is 43.4 Å². The number of amides is 3. The van der Waals surface area contributed by atoms with E-state index in [0.717, 1.165) is 10.5 Å². The number of nitrogens with one attached hydrogen (secondary N) is 1. The Kier molecular flexibility index (Phi) is 6.70. The van der Waals surface area contributed by atoms with E-state index in [2.05, 4.69) is 19.2 Å². The third kappa shape index (κ3) is 4.78. The van der Waals surface area contributed by atoms with Crippen LogP contribution in [0.4, 0.5) is 5.69 Å². The molecule has 0 aromatic heterocycles. The molecule has 0 bridgehead atoms. The summed E-state index contributed by atoms with van der Waals surface area (Å²) in [7, 11) is 0. The third-order valence-electron chi connectivity index (χ3n) is 5.66. The minimum atomic E-state index is -0.987. The summed E-state index contributed by atoms with van der Waals surface area (Å²) in [6.45, 7) is 5.64. The summed E-state index contributed by atoms with van der Waals surface area (Å²) in [6.07, 6.45) is 3.84. The van der Waals surface area contributed by atoms with Crippen molar-refractivity contribution in [1.29, 1.82) is 0 Å². The number of fused-ring (bicyclic) bond motifs is 1. The predicted octanol–water partition coefficient (Wildman–Crippen LogP) is 3.02. The summed E-state index contributed by atoms with van der Waals surface area (Å²) in [5.74, 6) is -1.75. The smallest absolute Gasteiger partial charge is 0.308 e. The summed E-state index contributed by atoms with van der Waals surface area (Å²) < 4.78 is 5.18. The van der Waals surface area contributed by atoms with Crippen molar-refractivity contribution in [3.8, 4) is 0 Å². The lowest BCUT2D eigenvalue weighted by Crippen LogP contribution is -2.35. The first kappa shape index (κ1) is 21.7. The van der Waals surface area contributed by atoms with Crippen molar-refractivity contribution in [3.05, 3.63) is 42.0 Å². The number of hydrogen-bond donors (Lipinski definition) is 1. The van der Waals surface area contributed by atoms with Crippen LogP contribution in [0.15, 0.2) is 36.4 Å². The lowest BCUT2D eigenvalue weighted by molar-refractivity contribution is -0.154. The van der Waals surface area contributed by atoms with E-state index < -0.39 is 18.0 Å². The van der Waals surface area contributed by atoms with E-state index in [1.807, 2.05) is 24.3 Å². The number of allylic oxidation sites excluding steroid dienone is 2. The van der Waals surface area contributed by atoms with Crippen LogP contribution in [-0.4, -0.2) is 41.2 Å². The molecule has 3 atom stereocenters. The van der Waals surface area contributed by atoms with E-state index in [-0.39, 0.29) is 36.6 Å². The monoisotopic (exact) mass is 412 g/mol. The summed E-state index contributed by atoms with van der Waals surface area (Å²) in [5.41, 5.74) is 1.78. The van der Waals surface area contributed by atoms with Crippen molar-refractivity contribution >= 4 is 29.4 Å². The molecule has 160 valence electrons. The van der Waals surface area contributed by atoms with E-state index in [1.54, 1.807) is 12.1 Å². The molecule has 1 fully saturated rings. The number of benzene rings is 1. The van der Waals surface area contributed by atoms with Gasteiger partial charge in [-0.3, -0.25) is 24.1 Å². The van der Waals surface area contributed by atoms with Crippen LogP contribution in [0.3, 0.4) is 0 Å². The molecule has 2 aliphatic rings. The maximum absolute atomic E-state index is 12.4. The average Bonchev–Trinajstić information content (AvgIpc) is 2.97. The summed E-state index contributed by atoms with van der Waals surface area (Å²) in [6, 6.07) is 7.49. The Balaban J connectivity index is 1.46. The fraction of sp³-hybridized carbons (Fsp3) is 0.478. The Morgan fingerprint density at radius 3 is 2.13 bits per heavy atom. The second kappa shape index (κ2) is 9.24. The van der Waals surface area contributed by atoms with Gasteiger partial charge in [-0.25, -0.2) is 0 Å². The van der Waals surface area contributed by atoms with Gasteiger partial charge in [-0.15, -0.1) is 0 Å². The molecule has 1 heterocycles. The molecule has 1 aliphatic heterocycles. The minimum Gasteiger partial charge on any atom is -0.452 e. The van der Waals surface area contributed by atoms with Gasteiger partial charge in [0.15, 0.2) is 6.10 Å². The van der Waals surface area contributed by atoms with Gasteiger partial charge < -0.3 is 10.1 Å². The summed E-state index contributed by atoms with van der Waals surface area (Å²) in [4.78, 5) is 50.4. The van der Waals surface area contributed by atoms with Crippen molar-refractivity contribution in [2.24, 2.45) is 11.8 Å². The molecular weight excluding hydrogens is 384 g/mol. The molecule has 1 saturated heterocycles. The number of esters is 1. The van der Waals surface area contributed by atoms with Gasteiger partial charge in [0, 0.05) is 12.2 Å². The molecule has 1 aliphatic carbocycles. The van der Waals surface area contributed by atoms with Gasteiger partial charge in [0.25, 0.3) is 5.91 Å². The Morgan fingerprint density at radius 1 is 1.03 bits per heavy atom. The highest BCUT2D eigenvalue weighted by Gasteiger charge is 2.47. The molecule has 1 aromatic rings. The van der Waals surface area contributed by atoms with Crippen molar-refractivity contribution in [1.82, 2.24) is 4.90 Å². The Morgan fingerprint density at radius 2 is 1.60 bits per heavy atom. The highest BCUT2D eigenvalue weighted by atomic mass is 16.5. The second-order valence-electron chi connectivity index (χ2n) is 8.13. The topological polar surface area (TPSA) is 92.8 Å². The lowest BCUT2D eigenvalue weighted by Gasteiger charge is -2.16. The van der Waals surface area contributed by atoms with Gasteiger partial charge in [0.1, 0.15) is 0 Å². The SMILES string of the molecule is CC(C)c1ccc(NC(=O)[C@@H](C)OC(=O)CCN2C(=O)[C@H]3CC=CC[C@H]3C2=O)cc1. The molecule has 3 rings (SSSR count). The first-order chi connectivity index (χ1) is 14.3. The lowest BCUT2D eigenvalue weighted by atomic mass is 9.85. The average molecular weight is 412 g/mol. The maximum atomic E-state index is 12.4. The maximum Gasteiger partial charge on any atom is 0.308 e. The number of carbonyl (C=O) groups is 4. The molecule has 7 nitrogen and oxygen atoms in total. The van der Waals surface area contributed by atoms with Crippen LogP contribution < -0.4 is 5.32 Å². The fourth-order valence-electron chi connectivity index (χ4n) is 3.80. The zero-order valence-electron chi connectivity index (χ0n) is 17.6. The first-order valence-corrected chi connectivity index (χ1v) is 10.4. The number of carbonyl (C=O) groups excluding carboxylic acids is 4. The second-order valence-corrected chi connectivity index (χ2v) is 8.13. The van der Waals surface area contributed by atoms with E-state index >= 15 is 0 Å². The predicted molar refractivity (Wildman–Crippen MR) is 111 cm³/mol. The molecule has 0 radical (unpaired) electrons. The minimum absolute atomic E-state index is 0.0193. The number of nitrogens with zero attached hydrogens (tertiary/aromatic N) is 1. The normalized spacial score (nSPS) is 21.5. The van der Waals surface area contributed by atoms with E-state index in [4.69, 9.17) is 4.74 Å². The van der Waals surface area contributed by atoms with Crippen LogP contribution in [0.5, 0.6) is 0 Å². The van der Waals surface area contributed by atoms with Crippen LogP contribution in [-0.2, 0) is 23.9 Å². The number of ether oxygens (including phenoxy) is 1. The zero-order valence-corrected chi connectivity index (χ0v) is 17.6. The molecule has 1 aromatic carbocycles. The summed E-state index contributed by atoms with van der Waals surface area (Å²) in [5, 5.41) is 2.72. The molecule has 1 N–H and O–H groups in total. The van der Waals surface area contributed by atoms with Crippen molar-refractivity contribution in [2.45, 2.75) is 52.1 Å². The number of rotatable bonds is 7. The Hall–Kier alpha value is -2.96. The van der Waals surface area contributed by atoms with Crippen molar-refractivity contribution < 1.29 is 23.9 Å². The molecule has 3 amide bonds. The highest BCUT2D eigenvalue weighted by molar-refractivity contribution is 6.05. The molecule has 30 heavy (non-hydrogen) atoms. The molecule has 0 spiro atoms. The fourth-order valence-corrected chi connectivity index (χ4v) is 3.80. The van der Waals surface area contributed by atoms with Crippen molar-refractivity contribution in [3.63, 3.8) is 0 Å². The number of hydrogen-bond acceptors (Lipinski definition) is 5. The quantitative estimate of drug-likeness (QED) is 0.422. The van der Waals surface area contributed by atoms with Gasteiger partial charge in [0.05, 0.1) is 18.3 Å². The number of imide groups is 1. The van der Waals surface area contributed by atoms with E-state index in [9.17, 15) is 19.2 Å². The Bertz CT molecular complexity index is 833. The molecular formula is C23H28N2O5. The third-order valence-corrected chi connectivity index (χ3v) is 5.66. The van der Waals surface area contributed by atoms with Crippen LogP contribution >= 0.6 is 0 Å². The zero-order chi connectivity index (χ0) is 21.8. The van der Waals surface area contributed by atoms with Gasteiger partial charge in [-0.1, -0.05) is 38.1 Å². The molecule has 0 saturated carbocycles. The molecule has 0 unspecified atom stereocenters. The van der Waals surface area contributed by atoms with Crippen molar-refractivity contribution in [2.75, 3.05) is 11.9 Å². The van der Waals surface area contributed by atoms with E-state index in [0.29, 0.717) is 24.4 Å². The summed E-state index contributed by atoms with van der Waals surface area (Å²) >= 11 is 0. The van der Waals surface area contributed by atoms with Crippen LogP contribution in [0.25, 0.3) is 0 Å². The van der Waals surface area contributed by atoms with Gasteiger partial charge in [-0.2, -0.15) is 0 Å². The molecule has 7 heteroatoms. The number of likely N-dealkylation sites (tertiary alicyclic amines) is 1. The van der Waals surface area contributed by atoms with Crippen LogP contribution in [0.1, 0.15) is 51.5 Å². The van der Waals surface area contributed by atoms with Crippen LogP contribution in [0.2, 0.25) is 0 Å². The standard InChI is InChI=1S/C23H28N2O5/c1-14(2)16-8-10-17(11-9-16)24-21(27)15(3)30-20(26)12-13-25-22(28)18-6-4-5-7-19(18)23(25)29/h4-5,8-11,14-15,18-19H,6-7,12-13H2,1-3H3,(H,24,27)/t15-,18-,19+/m1/s1. The highest BCUT2D eigenvalue weighted by Crippen LogP contribution is 2.35. The van der Waals surface area contributed by atoms with Crippen LogP contribution in [0, 0.1) is 11.8 Å². The van der Waals surface area contributed by atoms with Gasteiger partial charge >= 0.3 is 5.97 Å².